The molecule has 0 amide bonds. The van der Waals surface area contributed by atoms with Crippen molar-refractivity contribution >= 4 is 5.82 Å². The van der Waals surface area contributed by atoms with Crippen LogP contribution < -0.4 is 4.90 Å². The maximum atomic E-state index is 9.26. The summed E-state index contributed by atoms with van der Waals surface area (Å²) in [5.74, 6) is 0.849. The van der Waals surface area contributed by atoms with E-state index in [-0.39, 0.29) is 13.2 Å². The molecular weight excluding hydrogens is 228 g/mol. The van der Waals surface area contributed by atoms with Gasteiger partial charge in [0.2, 0.25) is 0 Å². The molecule has 0 aliphatic rings. The lowest BCUT2D eigenvalue weighted by Gasteiger charge is -2.31. The molecule has 1 rings (SSSR count). The highest BCUT2D eigenvalue weighted by molar-refractivity contribution is 5.43. The SMILES string of the molecule is CCC(CC)N(CCO)c1cc(CO)cc(C)n1. The van der Waals surface area contributed by atoms with Gasteiger partial charge >= 0.3 is 0 Å². The van der Waals surface area contributed by atoms with Crippen molar-refractivity contribution in [1.82, 2.24) is 4.98 Å². The third kappa shape index (κ3) is 3.68. The molecule has 0 saturated carbocycles. The number of nitrogens with zero attached hydrogens (tertiary/aromatic N) is 2. The molecule has 0 fully saturated rings. The number of aliphatic hydroxyl groups excluding tert-OH is 2. The van der Waals surface area contributed by atoms with Crippen LogP contribution >= 0.6 is 0 Å². The van der Waals surface area contributed by atoms with Gasteiger partial charge in [0.25, 0.3) is 0 Å². The summed E-state index contributed by atoms with van der Waals surface area (Å²) >= 11 is 0. The van der Waals surface area contributed by atoms with E-state index in [2.05, 4.69) is 23.7 Å². The summed E-state index contributed by atoms with van der Waals surface area (Å²) in [5.41, 5.74) is 1.76. The number of aryl methyl sites for hydroxylation is 1. The van der Waals surface area contributed by atoms with Crippen LogP contribution in [0.2, 0.25) is 0 Å². The van der Waals surface area contributed by atoms with Gasteiger partial charge in [0.1, 0.15) is 5.82 Å². The van der Waals surface area contributed by atoms with E-state index in [1.54, 1.807) is 0 Å². The summed E-state index contributed by atoms with van der Waals surface area (Å²) in [6, 6.07) is 4.16. The average Bonchev–Trinajstić information content (AvgIpc) is 2.38. The van der Waals surface area contributed by atoms with E-state index in [0.717, 1.165) is 29.9 Å². The van der Waals surface area contributed by atoms with Crippen LogP contribution in [0.5, 0.6) is 0 Å². The minimum atomic E-state index is 0.0201. The third-order valence-electron chi connectivity index (χ3n) is 3.20. The van der Waals surface area contributed by atoms with E-state index in [9.17, 15) is 10.2 Å². The monoisotopic (exact) mass is 252 g/mol. The van der Waals surface area contributed by atoms with Crippen LogP contribution in [0.25, 0.3) is 0 Å². The number of rotatable bonds is 7. The molecule has 18 heavy (non-hydrogen) atoms. The predicted molar refractivity (Wildman–Crippen MR) is 73.7 cm³/mol. The lowest BCUT2D eigenvalue weighted by atomic mass is 10.1. The molecule has 0 aliphatic carbocycles. The van der Waals surface area contributed by atoms with Gasteiger partial charge in [-0.2, -0.15) is 0 Å². The second kappa shape index (κ2) is 7.34. The highest BCUT2D eigenvalue weighted by Crippen LogP contribution is 2.20. The number of anilines is 1. The Balaban J connectivity index is 3.07. The number of aromatic nitrogens is 1. The second-order valence-corrected chi connectivity index (χ2v) is 4.52. The highest BCUT2D eigenvalue weighted by atomic mass is 16.3. The minimum Gasteiger partial charge on any atom is -0.395 e. The van der Waals surface area contributed by atoms with E-state index in [4.69, 9.17) is 0 Å². The zero-order valence-corrected chi connectivity index (χ0v) is 11.6. The molecule has 0 saturated heterocycles. The third-order valence-corrected chi connectivity index (χ3v) is 3.20. The predicted octanol–water partition coefficient (Wildman–Crippen LogP) is 1.87. The van der Waals surface area contributed by atoms with Crippen molar-refractivity contribution in [3.05, 3.63) is 23.4 Å². The molecule has 0 bridgehead atoms. The molecule has 0 radical (unpaired) electrons. The zero-order chi connectivity index (χ0) is 13.5. The average molecular weight is 252 g/mol. The highest BCUT2D eigenvalue weighted by Gasteiger charge is 2.17. The van der Waals surface area contributed by atoms with Crippen molar-refractivity contribution in [2.75, 3.05) is 18.1 Å². The van der Waals surface area contributed by atoms with Crippen LogP contribution in [0, 0.1) is 6.92 Å². The standard InChI is InChI=1S/C14H24N2O2/c1-4-13(5-2)16(6-7-17)14-9-12(10-18)8-11(3)15-14/h8-9,13,17-18H,4-7,10H2,1-3H3. The van der Waals surface area contributed by atoms with E-state index in [1.807, 2.05) is 19.1 Å². The van der Waals surface area contributed by atoms with Crippen molar-refractivity contribution in [3.8, 4) is 0 Å². The number of hydrogen-bond acceptors (Lipinski definition) is 4. The molecule has 4 nitrogen and oxygen atoms in total. The first-order chi connectivity index (χ1) is 8.65. The van der Waals surface area contributed by atoms with Gasteiger partial charge in [-0.15, -0.1) is 0 Å². The Labute approximate surface area is 109 Å². The Bertz CT molecular complexity index is 365. The topological polar surface area (TPSA) is 56.6 Å². The van der Waals surface area contributed by atoms with Crippen LogP contribution in [0.15, 0.2) is 12.1 Å². The summed E-state index contributed by atoms with van der Waals surface area (Å²) in [6.45, 7) is 6.91. The Hall–Kier alpha value is -1.13. The van der Waals surface area contributed by atoms with Gasteiger partial charge in [-0.25, -0.2) is 4.98 Å². The summed E-state index contributed by atoms with van der Waals surface area (Å²) in [4.78, 5) is 6.65. The molecule has 4 heteroatoms. The molecule has 0 atom stereocenters. The van der Waals surface area contributed by atoms with Crippen LogP contribution in [0.3, 0.4) is 0 Å². The molecule has 1 aromatic heterocycles. The van der Waals surface area contributed by atoms with Gasteiger partial charge in [-0.3, -0.25) is 0 Å². The van der Waals surface area contributed by atoms with Gasteiger partial charge in [-0.05, 0) is 37.5 Å². The number of pyridine rings is 1. The van der Waals surface area contributed by atoms with Gasteiger partial charge in [-0.1, -0.05) is 13.8 Å². The van der Waals surface area contributed by atoms with Crippen molar-refractivity contribution in [3.63, 3.8) is 0 Å². The Morgan fingerprint density at radius 2 is 1.89 bits per heavy atom. The zero-order valence-electron chi connectivity index (χ0n) is 11.6. The quantitative estimate of drug-likeness (QED) is 0.778. The second-order valence-electron chi connectivity index (χ2n) is 4.52. The molecule has 1 aromatic rings. The first-order valence-electron chi connectivity index (χ1n) is 6.62. The van der Waals surface area contributed by atoms with Gasteiger partial charge in [0.15, 0.2) is 0 Å². The molecular formula is C14H24N2O2. The van der Waals surface area contributed by atoms with E-state index in [1.165, 1.54) is 0 Å². The fourth-order valence-electron chi connectivity index (χ4n) is 2.28. The fraction of sp³-hybridized carbons (Fsp3) is 0.643. The molecule has 102 valence electrons. The van der Waals surface area contributed by atoms with Crippen LogP contribution in [0.1, 0.15) is 37.9 Å². The van der Waals surface area contributed by atoms with Gasteiger partial charge in [0.05, 0.1) is 13.2 Å². The first kappa shape index (κ1) is 14.9. The van der Waals surface area contributed by atoms with E-state index >= 15 is 0 Å². The van der Waals surface area contributed by atoms with Gasteiger partial charge in [0, 0.05) is 18.3 Å². The molecule has 0 aliphatic heterocycles. The lowest BCUT2D eigenvalue weighted by molar-refractivity contribution is 0.281. The smallest absolute Gasteiger partial charge is 0.129 e. The number of hydrogen-bond donors (Lipinski definition) is 2. The summed E-state index contributed by atoms with van der Waals surface area (Å²) in [6.07, 6.45) is 2.03. The number of aliphatic hydroxyl groups is 2. The summed E-state index contributed by atoms with van der Waals surface area (Å²) in [7, 11) is 0. The maximum absolute atomic E-state index is 9.26. The fourth-order valence-corrected chi connectivity index (χ4v) is 2.28. The normalized spacial score (nSPS) is 11.0. The van der Waals surface area contributed by atoms with Gasteiger partial charge < -0.3 is 15.1 Å². The van der Waals surface area contributed by atoms with E-state index in [0.29, 0.717) is 12.6 Å². The van der Waals surface area contributed by atoms with Crippen LogP contribution in [0.4, 0.5) is 5.82 Å². The molecule has 2 N–H and O–H groups in total. The van der Waals surface area contributed by atoms with Crippen LogP contribution in [-0.4, -0.2) is 34.4 Å². The van der Waals surface area contributed by atoms with Crippen LogP contribution in [-0.2, 0) is 6.61 Å². The molecule has 1 heterocycles. The largest absolute Gasteiger partial charge is 0.395 e. The van der Waals surface area contributed by atoms with Crippen molar-refractivity contribution < 1.29 is 10.2 Å². The molecule has 0 spiro atoms. The van der Waals surface area contributed by atoms with Crippen molar-refractivity contribution in [1.29, 1.82) is 0 Å². The molecule has 0 unspecified atom stereocenters. The Morgan fingerprint density at radius 1 is 1.22 bits per heavy atom. The lowest BCUT2D eigenvalue weighted by Crippen LogP contribution is -2.37. The van der Waals surface area contributed by atoms with Crippen molar-refractivity contribution in [2.24, 2.45) is 0 Å². The maximum Gasteiger partial charge on any atom is 0.129 e. The van der Waals surface area contributed by atoms with Crippen molar-refractivity contribution in [2.45, 2.75) is 46.3 Å². The Morgan fingerprint density at radius 3 is 2.39 bits per heavy atom. The minimum absolute atomic E-state index is 0.0201. The first-order valence-corrected chi connectivity index (χ1v) is 6.62. The molecule has 0 aromatic carbocycles. The van der Waals surface area contributed by atoms with E-state index < -0.39 is 0 Å². The Kier molecular flexibility index (Phi) is 6.09. The summed E-state index contributed by atoms with van der Waals surface area (Å²) in [5, 5.41) is 18.5. The summed E-state index contributed by atoms with van der Waals surface area (Å²) < 4.78 is 0.